The van der Waals surface area contributed by atoms with Crippen molar-refractivity contribution in [1.82, 2.24) is 10.2 Å². The molecule has 1 N–H and O–H groups in total. The van der Waals surface area contributed by atoms with Crippen molar-refractivity contribution < 1.29 is 14.3 Å². The molecule has 1 heterocycles. The van der Waals surface area contributed by atoms with Crippen molar-refractivity contribution in [2.75, 3.05) is 20.3 Å². The van der Waals surface area contributed by atoms with Gasteiger partial charge in [0.15, 0.2) is 0 Å². The summed E-state index contributed by atoms with van der Waals surface area (Å²) in [6.45, 7) is 9.05. The number of ether oxygens (including phenoxy) is 1. The van der Waals surface area contributed by atoms with Crippen LogP contribution < -0.4 is 5.32 Å². The SMILES string of the molecule is CCC1(C)NC(=O)C(CC(C)C)N(CCCOC)C1=O. The van der Waals surface area contributed by atoms with E-state index in [0.717, 1.165) is 6.42 Å². The van der Waals surface area contributed by atoms with E-state index in [1.165, 1.54) is 0 Å². The van der Waals surface area contributed by atoms with Gasteiger partial charge in [0.2, 0.25) is 11.8 Å². The minimum atomic E-state index is -0.766. The maximum atomic E-state index is 12.7. The van der Waals surface area contributed by atoms with E-state index in [1.54, 1.807) is 12.0 Å². The molecule has 1 fully saturated rings. The van der Waals surface area contributed by atoms with E-state index in [-0.39, 0.29) is 17.9 Å². The lowest BCUT2D eigenvalue weighted by Gasteiger charge is -2.44. The Hall–Kier alpha value is -1.10. The largest absolute Gasteiger partial charge is 0.385 e. The zero-order chi connectivity index (χ0) is 15.3. The average Bonchev–Trinajstić information content (AvgIpc) is 2.39. The van der Waals surface area contributed by atoms with Crippen LogP contribution in [0.1, 0.15) is 47.0 Å². The lowest BCUT2D eigenvalue weighted by Crippen LogP contribution is -2.69. The van der Waals surface area contributed by atoms with Crippen molar-refractivity contribution in [1.29, 1.82) is 0 Å². The van der Waals surface area contributed by atoms with E-state index >= 15 is 0 Å². The number of carbonyl (C=O) groups is 2. The summed E-state index contributed by atoms with van der Waals surface area (Å²) < 4.78 is 5.05. The number of nitrogens with one attached hydrogen (secondary N) is 1. The smallest absolute Gasteiger partial charge is 0.248 e. The van der Waals surface area contributed by atoms with E-state index in [1.807, 2.05) is 13.8 Å². The first-order valence-electron chi connectivity index (χ1n) is 7.47. The molecule has 1 rings (SSSR count). The van der Waals surface area contributed by atoms with Gasteiger partial charge in [-0.15, -0.1) is 0 Å². The molecule has 0 bridgehead atoms. The molecule has 20 heavy (non-hydrogen) atoms. The number of hydrogen-bond donors (Lipinski definition) is 1. The van der Waals surface area contributed by atoms with Gasteiger partial charge in [-0.1, -0.05) is 20.8 Å². The van der Waals surface area contributed by atoms with Gasteiger partial charge in [0, 0.05) is 20.3 Å². The summed E-state index contributed by atoms with van der Waals surface area (Å²) in [5.41, 5.74) is -0.766. The summed E-state index contributed by atoms with van der Waals surface area (Å²) >= 11 is 0. The van der Waals surface area contributed by atoms with Crippen LogP contribution in [0.5, 0.6) is 0 Å². The standard InChI is InChI=1S/C15H28N2O3/c1-6-15(4)14(19)17(8-7-9-20-5)12(10-11(2)3)13(18)16-15/h11-12H,6-10H2,1-5H3,(H,16,18). The molecular formula is C15H28N2O3. The molecule has 5 nitrogen and oxygen atoms in total. The van der Waals surface area contributed by atoms with Gasteiger partial charge in [0.05, 0.1) is 0 Å². The van der Waals surface area contributed by atoms with Gasteiger partial charge < -0.3 is 15.0 Å². The Balaban J connectivity index is 2.91. The van der Waals surface area contributed by atoms with Crippen LogP contribution in [0.3, 0.4) is 0 Å². The van der Waals surface area contributed by atoms with Crippen molar-refractivity contribution in [3.05, 3.63) is 0 Å². The van der Waals surface area contributed by atoms with Gasteiger partial charge in [0.1, 0.15) is 11.6 Å². The normalized spacial score (nSPS) is 27.1. The maximum Gasteiger partial charge on any atom is 0.248 e. The van der Waals surface area contributed by atoms with E-state index in [9.17, 15) is 9.59 Å². The Labute approximate surface area is 122 Å². The molecular weight excluding hydrogens is 256 g/mol. The lowest BCUT2D eigenvalue weighted by molar-refractivity contribution is -0.155. The molecule has 0 aromatic rings. The topological polar surface area (TPSA) is 58.6 Å². The molecule has 0 spiro atoms. The van der Waals surface area contributed by atoms with Crippen molar-refractivity contribution in [3.8, 4) is 0 Å². The molecule has 1 saturated heterocycles. The van der Waals surface area contributed by atoms with Crippen LogP contribution in [0.2, 0.25) is 0 Å². The molecule has 1 aliphatic heterocycles. The first kappa shape index (κ1) is 17.0. The third-order valence-corrected chi connectivity index (χ3v) is 3.96. The average molecular weight is 284 g/mol. The molecule has 0 radical (unpaired) electrons. The molecule has 0 saturated carbocycles. The first-order chi connectivity index (χ1) is 9.35. The van der Waals surface area contributed by atoms with Gasteiger partial charge in [-0.05, 0) is 32.1 Å². The molecule has 2 unspecified atom stereocenters. The van der Waals surface area contributed by atoms with Crippen LogP contribution in [-0.4, -0.2) is 48.6 Å². The fourth-order valence-electron chi connectivity index (χ4n) is 2.57. The van der Waals surface area contributed by atoms with Gasteiger partial charge in [-0.3, -0.25) is 9.59 Å². The fourth-order valence-corrected chi connectivity index (χ4v) is 2.57. The molecule has 0 aromatic carbocycles. The van der Waals surface area contributed by atoms with Crippen LogP contribution in [0.25, 0.3) is 0 Å². The number of piperazine rings is 1. The predicted molar refractivity (Wildman–Crippen MR) is 78.3 cm³/mol. The Morgan fingerprint density at radius 3 is 2.55 bits per heavy atom. The third kappa shape index (κ3) is 3.72. The highest BCUT2D eigenvalue weighted by Crippen LogP contribution is 2.25. The molecule has 2 amide bonds. The summed E-state index contributed by atoms with van der Waals surface area (Å²) in [7, 11) is 1.65. The summed E-state index contributed by atoms with van der Waals surface area (Å²) in [4.78, 5) is 26.8. The van der Waals surface area contributed by atoms with Gasteiger partial charge >= 0.3 is 0 Å². The maximum absolute atomic E-state index is 12.7. The Morgan fingerprint density at radius 2 is 2.05 bits per heavy atom. The number of methoxy groups -OCH3 is 1. The summed E-state index contributed by atoms with van der Waals surface area (Å²) in [6, 6.07) is -0.348. The van der Waals surface area contributed by atoms with Crippen molar-refractivity contribution in [2.45, 2.75) is 58.5 Å². The quantitative estimate of drug-likeness (QED) is 0.722. The van der Waals surface area contributed by atoms with E-state index in [2.05, 4.69) is 19.2 Å². The van der Waals surface area contributed by atoms with Gasteiger partial charge in [-0.2, -0.15) is 0 Å². The molecule has 1 aliphatic rings. The number of hydrogen-bond acceptors (Lipinski definition) is 3. The minimum Gasteiger partial charge on any atom is -0.385 e. The van der Waals surface area contributed by atoms with E-state index in [4.69, 9.17) is 4.74 Å². The van der Waals surface area contributed by atoms with Crippen molar-refractivity contribution in [2.24, 2.45) is 5.92 Å². The van der Waals surface area contributed by atoms with Crippen molar-refractivity contribution in [3.63, 3.8) is 0 Å². The van der Waals surface area contributed by atoms with Crippen LogP contribution in [0.15, 0.2) is 0 Å². The molecule has 116 valence electrons. The monoisotopic (exact) mass is 284 g/mol. The molecule has 0 aliphatic carbocycles. The Kier molecular flexibility index (Phi) is 5.99. The second-order valence-electron chi connectivity index (χ2n) is 6.17. The van der Waals surface area contributed by atoms with Crippen LogP contribution in [0.4, 0.5) is 0 Å². The summed E-state index contributed by atoms with van der Waals surface area (Å²) in [5, 5.41) is 2.91. The van der Waals surface area contributed by atoms with E-state index < -0.39 is 5.54 Å². The van der Waals surface area contributed by atoms with E-state index in [0.29, 0.717) is 31.9 Å². The zero-order valence-electron chi connectivity index (χ0n) is 13.4. The molecule has 0 aromatic heterocycles. The van der Waals surface area contributed by atoms with Crippen LogP contribution in [-0.2, 0) is 14.3 Å². The minimum absolute atomic E-state index is 0.0277. The van der Waals surface area contributed by atoms with Gasteiger partial charge in [-0.25, -0.2) is 0 Å². The summed E-state index contributed by atoms with van der Waals surface area (Å²) in [6.07, 6.45) is 2.06. The highest BCUT2D eigenvalue weighted by molar-refractivity contribution is 5.99. The second-order valence-corrected chi connectivity index (χ2v) is 6.17. The number of carbonyl (C=O) groups excluding carboxylic acids is 2. The fraction of sp³-hybridized carbons (Fsp3) is 0.867. The number of rotatable bonds is 7. The molecule has 5 heteroatoms. The highest BCUT2D eigenvalue weighted by Gasteiger charge is 2.46. The van der Waals surface area contributed by atoms with Crippen LogP contribution in [0, 0.1) is 5.92 Å². The second kappa shape index (κ2) is 7.07. The molecule has 2 atom stereocenters. The van der Waals surface area contributed by atoms with Crippen LogP contribution >= 0.6 is 0 Å². The predicted octanol–water partition coefficient (Wildman–Crippen LogP) is 1.56. The van der Waals surface area contributed by atoms with Crippen molar-refractivity contribution >= 4 is 11.8 Å². The zero-order valence-corrected chi connectivity index (χ0v) is 13.4. The third-order valence-electron chi connectivity index (χ3n) is 3.96. The highest BCUT2D eigenvalue weighted by atomic mass is 16.5. The number of nitrogens with zero attached hydrogens (tertiary/aromatic N) is 1. The first-order valence-corrected chi connectivity index (χ1v) is 7.47. The Morgan fingerprint density at radius 1 is 1.40 bits per heavy atom. The summed E-state index contributed by atoms with van der Waals surface area (Å²) in [5.74, 6) is 0.371. The Bertz CT molecular complexity index is 357. The van der Waals surface area contributed by atoms with Gasteiger partial charge in [0.25, 0.3) is 0 Å². The lowest BCUT2D eigenvalue weighted by atomic mass is 9.89. The number of amides is 2.